The Kier molecular flexibility index (Phi) is 6.42. The third-order valence-electron chi connectivity index (χ3n) is 4.32. The van der Waals surface area contributed by atoms with Crippen LogP contribution in [0.25, 0.3) is 5.69 Å². The number of aromatic nitrogens is 3. The Balaban J connectivity index is 1.79. The minimum absolute atomic E-state index is 0.0654. The van der Waals surface area contributed by atoms with Crippen LogP contribution < -0.4 is 5.32 Å². The number of hydrogen-bond donors (Lipinski definition) is 1. The van der Waals surface area contributed by atoms with E-state index >= 15 is 0 Å². The van der Waals surface area contributed by atoms with E-state index in [4.69, 9.17) is 11.6 Å². The van der Waals surface area contributed by atoms with Crippen molar-refractivity contribution in [3.63, 3.8) is 0 Å². The zero-order valence-electron chi connectivity index (χ0n) is 16.3. The molecular formula is C20H18ClF3N4OS. The molecule has 0 saturated heterocycles. The molecule has 10 heteroatoms. The molecule has 3 aromatic rings. The van der Waals surface area contributed by atoms with Crippen LogP contribution >= 0.6 is 23.4 Å². The van der Waals surface area contributed by atoms with Crippen molar-refractivity contribution in [3.8, 4) is 5.69 Å². The summed E-state index contributed by atoms with van der Waals surface area (Å²) in [6.45, 7) is 5.52. The maximum Gasteiger partial charge on any atom is 0.418 e. The van der Waals surface area contributed by atoms with Crippen LogP contribution in [0.4, 0.5) is 18.9 Å². The first-order valence-corrected chi connectivity index (χ1v) is 10.1. The van der Waals surface area contributed by atoms with Gasteiger partial charge < -0.3 is 5.32 Å². The van der Waals surface area contributed by atoms with E-state index in [0.717, 1.165) is 40.7 Å². The van der Waals surface area contributed by atoms with Crippen molar-refractivity contribution in [2.24, 2.45) is 0 Å². The molecule has 158 valence electrons. The van der Waals surface area contributed by atoms with E-state index in [1.54, 1.807) is 11.5 Å². The lowest BCUT2D eigenvalue weighted by Gasteiger charge is -2.17. The summed E-state index contributed by atoms with van der Waals surface area (Å²) in [5, 5.41) is 9.97. The summed E-state index contributed by atoms with van der Waals surface area (Å²) < 4.78 is 41.5. The first-order chi connectivity index (χ1) is 14.1. The van der Waals surface area contributed by atoms with Gasteiger partial charge in [0.15, 0.2) is 5.16 Å². The van der Waals surface area contributed by atoms with Crippen molar-refractivity contribution >= 4 is 35.0 Å². The number of aryl methyl sites for hydroxylation is 2. The van der Waals surface area contributed by atoms with E-state index in [9.17, 15) is 18.0 Å². The van der Waals surface area contributed by atoms with E-state index in [0.29, 0.717) is 5.16 Å². The molecule has 30 heavy (non-hydrogen) atoms. The predicted molar refractivity (Wildman–Crippen MR) is 111 cm³/mol. The minimum atomic E-state index is -4.65. The number of thioether (sulfide) groups is 1. The number of halogens is 4. The lowest BCUT2D eigenvalue weighted by atomic mass is 10.1. The second-order valence-corrected chi connectivity index (χ2v) is 8.45. The molecule has 0 aliphatic heterocycles. The number of benzene rings is 2. The molecule has 0 aliphatic rings. The fourth-order valence-electron chi connectivity index (χ4n) is 2.85. The zero-order chi connectivity index (χ0) is 22.1. The number of hydrogen-bond acceptors (Lipinski definition) is 4. The third-order valence-corrected chi connectivity index (χ3v) is 5.62. The topological polar surface area (TPSA) is 59.8 Å². The smallest absolute Gasteiger partial charge is 0.325 e. The second-order valence-electron chi connectivity index (χ2n) is 6.71. The van der Waals surface area contributed by atoms with Gasteiger partial charge in [0.2, 0.25) is 5.91 Å². The van der Waals surface area contributed by atoms with Crippen molar-refractivity contribution < 1.29 is 18.0 Å². The maximum absolute atomic E-state index is 13.3. The van der Waals surface area contributed by atoms with Gasteiger partial charge in [0, 0.05) is 5.02 Å². The molecule has 2 aromatic carbocycles. The zero-order valence-corrected chi connectivity index (χ0v) is 17.9. The van der Waals surface area contributed by atoms with Gasteiger partial charge in [-0.1, -0.05) is 41.1 Å². The highest BCUT2D eigenvalue weighted by atomic mass is 35.5. The van der Waals surface area contributed by atoms with Crippen LogP contribution in [0.2, 0.25) is 5.02 Å². The van der Waals surface area contributed by atoms with Gasteiger partial charge in [-0.05, 0) is 50.6 Å². The average molecular weight is 455 g/mol. The molecule has 0 saturated carbocycles. The van der Waals surface area contributed by atoms with Gasteiger partial charge >= 0.3 is 6.18 Å². The highest BCUT2D eigenvalue weighted by molar-refractivity contribution is 8.00. The lowest BCUT2D eigenvalue weighted by Crippen LogP contribution is -2.24. The van der Waals surface area contributed by atoms with Crippen molar-refractivity contribution in [2.75, 3.05) is 5.32 Å². The number of nitrogens with one attached hydrogen (secondary N) is 1. The summed E-state index contributed by atoms with van der Waals surface area (Å²) in [5.74, 6) is -0.594. The fourth-order valence-corrected chi connectivity index (χ4v) is 3.86. The highest BCUT2D eigenvalue weighted by Gasteiger charge is 2.34. The Hall–Kier alpha value is -2.52. The quantitative estimate of drug-likeness (QED) is 0.504. The Morgan fingerprint density at radius 1 is 1.20 bits per heavy atom. The molecular weight excluding hydrogens is 437 g/mol. The van der Waals surface area contributed by atoms with E-state index in [2.05, 4.69) is 15.5 Å². The summed E-state index contributed by atoms with van der Waals surface area (Å²) in [4.78, 5) is 12.6. The summed E-state index contributed by atoms with van der Waals surface area (Å²) >= 11 is 6.78. The molecule has 1 atom stereocenters. The third kappa shape index (κ3) is 4.96. The number of anilines is 1. The molecule has 3 rings (SSSR count). The maximum atomic E-state index is 13.3. The van der Waals surface area contributed by atoms with Gasteiger partial charge in [0.05, 0.1) is 22.2 Å². The number of amides is 1. The Morgan fingerprint density at radius 3 is 2.60 bits per heavy atom. The molecule has 0 aliphatic carbocycles. The van der Waals surface area contributed by atoms with Crippen molar-refractivity contribution in [1.82, 2.24) is 14.8 Å². The number of rotatable bonds is 5. The normalized spacial score (nSPS) is 12.6. The Labute approximate surface area is 180 Å². The molecule has 0 spiro atoms. The summed E-state index contributed by atoms with van der Waals surface area (Å²) in [7, 11) is 0. The Morgan fingerprint density at radius 2 is 1.93 bits per heavy atom. The van der Waals surface area contributed by atoms with E-state index in [1.807, 2.05) is 32.0 Å². The molecule has 1 N–H and O–H groups in total. The van der Waals surface area contributed by atoms with Crippen LogP contribution in [0.3, 0.4) is 0 Å². The van der Waals surface area contributed by atoms with Gasteiger partial charge in [0.25, 0.3) is 0 Å². The number of carbonyl (C=O) groups excluding carboxylic acids is 1. The molecule has 1 heterocycles. The van der Waals surface area contributed by atoms with Crippen molar-refractivity contribution in [1.29, 1.82) is 0 Å². The number of alkyl halides is 3. The standard InChI is InChI=1S/C20H18ClF3N4OS/c1-11-4-7-17(12(2)8-11)28-10-25-27-19(28)30-13(3)18(29)26-16-6-5-14(21)9-15(16)20(22,23)24/h4-10,13H,1-3H3,(H,26,29). The first-order valence-electron chi connectivity index (χ1n) is 8.88. The molecule has 5 nitrogen and oxygen atoms in total. The molecule has 1 amide bonds. The first kappa shape index (κ1) is 22.2. The number of carbonyl (C=O) groups is 1. The van der Waals surface area contributed by atoms with Crippen LogP contribution in [0.5, 0.6) is 0 Å². The molecule has 0 radical (unpaired) electrons. The van der Waals surface area contributed by atoms with Crippen LogP contribution in [0, 0.1) is 13.8 Å². The fraction of sp³-hybridized carbons (Fsp3) is 0.250. The largest absolute Gasteiger partial charge is 0.418 e. The monoisotopic (exact) mass is 454 g/mol. The average Bonchev–Trinajstić information content (AvgIpc) is 3.10. The van der Waals surface area contributed by atoms with Crippen molar-refractivity contribution in [2.45, 2.75) is 37.4 Å². The molecule has 1 unspecified atom stereocenters. The summed E-state index contributed by atoms with van der Waals surface area (Å²) in [5.41, 5.74) is 1.62. The van der Waals surface area contributed by atoms with E-state index in [1.165, 1.54) is 12.4 Å². The van der Waals surface area contributed by atoms with Gasteiger partial charge in [0.1, 0.15) is 6.33 Å². The Bertz CT molecular complexity index is 1080. The van der Waals surface area contributed by atoms with Crippen molar-refractivity contribution in [3.05, 3.63) is 64.4 Å². The molecule has 0 bridgehead atoms. The van der Waals surface area contributed by atoms with Crippen LogP contribution in [-0.2, 0) is 11.0 Å². The second kappa shape index (κ2) is 8.69. The van der Waals surface area contributed by atoms with Crippen LogP contribution in [0.15, 0.2) is 47.9 Å². The SMILES string of the molecule is Cc1ccc(-n2cnnc2SC(C)C(=O)Nc2ccc(Cl)cc2C(F)(F)F)c(C)c1. The van der Waals surface area contributed by atoms with Crippen LogP contribution in [-0.4, -0.2) is 25.9 Å². The lowest BCUT2D eigenvalue weighted by molar-refractivity contribution is -0.137. The van der Waals surface area contributed by atoms with Gasteiger partial charge in [-0.15, -0.1) is 10.2 Å². The van der Waals surface area contributed by atoms with Gasteiger partial charge in [-0.2, -0.15) is 13.2 Å². The van der Waals surface area contributed by atoms with Gasteiger partial charge in [-0.25, -0.2) is 0 Å². The van der Waals surface area contributed by atoms with Gasteiger partial charge in [-0.3, -0.25) is 9.36 Å². The molecule has 0 fully saturated rings. The number of nitrogens with zero attached hydrogens (tertiary/aromatic N) is 3. The minimum Gasteiger partial charge on any atom is -0.325 e. The van der Waals surface area contributed by atoms with Crippen LogP contribution in [0.1, 0.15) is 23.6 Å². The highest BCUT2D eigenvalue weighted by Crippen LogP contribution is 2.37. The summed E-state index contributed by atoms with van der Waals surface area (Å²) in [6.07, 6.45) is -3.11. The predicted octanol–water partition coefficient (Wildman–Crippen LogP) is 5.68. The molecule has 1 aromatic heterocycles. The summed E-state index contributed by atoms with van der Waals surface area (Å²) in [6, 6.07) is 9.10. The van der Waals surface area contributed by atoms with E-state index < -0.39 is 22.9 Å². The van der Waals surface area contributed by atoms with E-state index in [-0.39, 0.29) is 10.7 Å².